The van der Waals surface area contributed by atoms with Crippen molar-refractivity contribution in [3.05, 3.63) is 17.0 Å². The third kappa shape index (κ3) is 3.54. The Hall–Kier alpha value is -0.870. The summed E-state index contributed by atoms with van der Waals surface area (Å²) in [6.07, 6.45) is 2.22. The van der Waals surface area contributed by atoms with Crippen LogP contribution < -0.4 is 4.90 Å². The first-order chi connectivity index (χ1) is 8.11. The highest BCUT2D eigenvalue weighted by atomic mass is 35.5. The van der Waals surface area contributed by atoms with Gasteiger partial charge in [-0.2, -0.15) is 0 Å². The lowest BCUT2D eigenvalue weighted by Gasteiger charge is -2.25. The summed E-state index contributed by atoms with van der Waals surface area (Å²) >= 11 is 6.13. The predicted octanol–water partition coefficient (Wildman–Crippen LogP) is 2.46. The largest absolute Gasteiger partial charge is 0.396 e. The molecule has 1 N–H and O–H groups in total. The Morgan fingerprint density at radius 3 is 2.65 bits per heavy atom. The number of rotatable bonds is 6. The zero-order chi connectivity index (χ0) is 12.8. The Bertz CT molecular complexity index is 358. The average Bonchev–Trinajstić information content (AvgIpc) is 2.29. The van der Waals surface area contributed by atoms with E-state index in [0.29, 0.717) is 5.15 Å². The maximum absolute atomic E-state index is 8.91. The summed E-state index contributed by atoms with van der Waals surface area (Å²) in [5.41, 5.74) is 0.981. The molecular weight excluding hydrogens is 238 g/mol. The van der Waals surface area contributed by atoms with E-state index in [1.165, 1.54) is 6.33 Å². The van der Waals surface area contributed by atoms with Crippen molar-refractivity contribution in [2.75, 3.05) is 24.6 Å². The van der Waals surface area contributed by atoms with Crippen molar-refractivity contribution in [2.45, 2.75) is 33.1 Å². The Morgan fingerprint density at radius 1 is 1.41 bits per heavy atom. The summed E-state index contributed by atoms with van der Waals surface area (Å²) in [5.74, 6) is 1.16. The second-order valence-electron chi connectivity index (χ2n) is 4.21. The van der Waals surface area contributed by atoms with Crippen LogP contribution in [0.2, 0.25) is 5.15 Å². The van der Waals surface area contributed by atoms with E-state index >= 15 is 0 Å². The molecule has 0 aliphatic carbocycles. The molecule has 4 nitrogen and oxygen atoms in total. The minimum absolute atomic E-state index is 0.187. The zero-order valence-electron chi connectivity index (χ0n) is 10.6. The van der Waals surface area contributed by atoms with E-state index in [2.05, 4.69) is 35.6 Å². The fourth-order valence-corrected chi connectivity index (χ4v) is 2.14. The van der Waals surface area contributed by atoms with E-state index in [1.807, 2.05) is 0 Å². The minimum atomic E-state index is 0.187. The molecule has 0 atom stereocenters. The van der Waals surface area contributed by atoms with Gasteiger partial charge in [-0.05, 0) is 19.3 Å². The van der Waals surface area contributed by atoms with Gasteiger partial charge in [0.15, 0.2) is 0 Å². The molecule has 1 aromatic rings. The number of hydrogen-bond acceptors (Lipinski definition) is 4. The van der Waals surface area contributed by atoms with Gasteiger partial charge in [0.1, 0.15) is 17.3 Å². The molecule has 0 unspecified atom stereocenters. The van der Waals surface area contributed by atoms with Gasteiger partial charge in [0.2, 0.25) is 0 Å². The SMILES string of the molecule is CCN(CCCO)c1ncnc(Cl)c1C(C)C. The van der Waals surface area contributed by atoms with Gasteiger partial charge >= 0.3 is 0 Å². The van der Waals surface area contributed by atoms with E-state index in [1.54, 1.807) is 0 Å². The second kappa shape index (κ2) is 6.77. The fourth-order valence-electron chi connectivity index (χ4n) is 1.79. The van der Waals surface area contributed by atoms with Crippen LogP contribution in [-0.2, 0) is 0 Å². The van der Waals surface area contributed by atoms with Crippen LogP contribution in [0.15, 0.2) is 6.33 Å². The topological polar surface area (TPSA) is 49.2 Å². The Balaban J connectivity index is 3.05. The van der Waals surface area contributed by atoms with Gasteiger partial charge in [-0.15, -0.1) is 0 Å². The van der Waals surface area contributed by atoms with Crippen LogP contribution in [-0.4, -0.2) is 34.8 Å². The van der Waals surface area contributed by atoms with Crippen molar-refractivity contribution >= 4 is 17.4 Å². The molecule has 0 saturated heterocycles. The molecule has 0 aliphatic heterocycles. The minimum Gasteiger partial charge on any atom is -0.396 e. The van der Waals surface area contributed by atoms with Crippen LogP contribution >= 0.6 is 11.6 Å². The molecule has 5 heteroatoms. The van der Waals surface area contributed by atoms with Crippen molar-refractivity contribution in [1.82, 2.24) is 9.97 Å². The molecule has 1 rings (SSSR count). The van der Waals surface area contributed by atoms with Gasteiger partial charge in [0.05, 0.1) is 0 Å². The van der Waals surface area contributed by atoms with Gasteiger partial charge in [-0.25, -0.2) is 9.97 Å². The third-order valence-electron chi connectivity index (χ3n) is 2.66. The smallest absolute Gasteiger partial charge is 0.138 e. The van der Waals surface area contributed by atoms with Crippen molar-refractivity contribution in [2.24, 2.45) is 0 Å². The summed E-state index contributed by atoms with van der Waals surface area (Å²) in [7, 11) is 0. The van der Waals surface area contributed by atoms with Gasteiger partial charge in [0.25, 0.3) is 0 Å². The summed E-state index contributed by atoms with van der Waals surface area (Å²) in [6.45, 7) is 8.03. The monoisotopic (exact) mass is 257 g/mol. The molecule has 0 bridgehead atoms. The number of aliphatic hydroxyl groups excluding tert-OH is 1. The lowest BCUT2D eigenvalue weighted by molar-refractivity contribution is 0.289. The molecule has 17 heavy (non-hydrogen) atoms. The van der Waals surface area contributed by atoms with E-state index in [0.717, 1.165) is 30.9 Å². The summed E-state index contributed by atoms with van der Waals surface area (Å²) in [4.78, 5) is 10.5. The van der Waals surface area contributed by atoms with Crippen LogP contribution in [0.25, 0.3) is 0 Å². The van der Waals surface area contributed by atoms with Crippen LogP contribution in [0.1, 0.15) is 38.7 Å². The van der Waals surface area contributed by atoms with Crippen LogP contribution in [0, 0.1) is 0 Å². The first kappa shape index (κ1) is 14.2. The fraction of sp³-hybridized carbons (Fsp3) is 0.667. The molecule has 0 saturated carbocycles. The van der Waals surface area contributed by atoms with Gasteiger partial charge in [-0.1, -0.05) is 25.4 Å². The second-order valence-corrected chi connectivity index (χ2v) is 4.57. The Labute approximate surface area is 108 Å². The quantitative estimate of drug-likeness (QED) is 0.796. The number of anilines is 1. The molecule has 96 valence electrons. The average molecular weight is 258 g/mol. The first-order valence-electron chi connectivity index (χ1n) is 5.98. The Kier molecular flexibility index (Phi) is 5.65. The highest BCUT2D eigenvalue weighted by molar-refractivity contribution is 6.30. The standard InChI is InChI=1S/C12H20ClN3O/c1-4-16(6-5-7-17)12-10(9(2)3)11(13)14-8-15-12/h8-9,17H,4-7H2,1-3H3. The van der Waals surface area contributed by atoms with Gasteiger partial charge in [-0.3, -0.25) is 0 Å². The summed E-state index contributed by atoms with van der Waals surface area (Å²) < 4.78 is 0. The van der Waals surface area contributed by atoms with E-state index in [9.17, 15) is 0 Å². The maximum Gasteiger partial charge on any atom is 0.138 e. The van der Waals surface area contributed by atoms with E-state index in [-0.39, 0.29) is 12.5 Å². The van der Waals surface area contributed by atoms with Crippen LogP contribution in [0.3, 0.4) is 0 Å². The summed E-state index contributed by atoms with van der Waals surface area (Å²) in [5, 5.41) is 9.43. The lowest BCUT2D eigenvalue weighted by Crippen LogP contribution is -2.27. The molecule has 0 aliphatic rings. The molecule has 0 amide bonds. The highest BCUT2D eigenvalue weighted by Crippen LogP contribution is 2.30. The molecule has 0 radical (unpaired) electrons. The lowest BCUT2D eigenvalue weighted by atomic mass is 10.1. The van der Waals surface area contributed by atoms with E-state index in [4.69, 9.17) is 16.7 Å². The number of halogens is 1. The zero-order valence-corrected chi connectivity index (χ0v) is 11.4. The normalized spacial score (nSPS) is 10.9. The van der Waals surface area contributed by atoms with Crippen LogP contribution in [0.5, 0.6) is 0 Å². The maximum atomic E-state index is 8.91. The number of nitrogens with zero attached hydrogens (tertiary/aromatic N) is 3. The highest BCUT2D eigenvalue weighted by Gasteiger charge is 2.17. The molecule has 1 aromatic heterocycles. The van der Waals surface area contributed by atoms with E-state index < -0.39 is 0 Å². The predicted molar refractivity (Wildman–Crippen MR) is 70.7 cm³/mol. The molecule has 0 spiro atoms. The van der Waals surface area contributed by atoms with Crippen molar-refractivity contribution in [3.63, 3.8) is 0 Å². The van der Waals surface area contributed by atoms with Crippen molar-refractivity contribution < 1.29 is 5.11 Å². The van der Waals surface area contributed by atoms with Crippen molar-refractivity contribution in [3.8, 4) is 0 Å². The molecule has 1 heterocycles. The first-order valence-corrected chi connectivity index (χ1v) is 6.35. The summed E-state index contributed by atoms with van der Waals surface area (Å²) in [6, 6.07) is 0. The third-order valence-corrected chi connectivity index (χ3v) is 2.96. The number of aromatic nitrogens is 2. The van der Waals surface area contributed by atoms with Crippen LogP contribution in [0.4, 0.5) is 5.82 Å². The van der Waals surface area contributed by atoms with Crippen molar-refractivity contribution in [1.29, 1.82) is 0 Å². The Morgan fingerprint density at radius 2 is 2.12 bits per heavy atom. The molecule has 0 fully saturated rings. The van der Waals surface area contributed by atoms with Gasteiger partial charge in [0, 0.05) is 25.3 Å². The number of hydrogen-bond donors (Lipinski definition) is 1. The molecular formula is C12H20ClN3O. The number of aliphatic hydroxyl groups is 1. The van der Waals surface area contributed by atoms with Gasteiger partial charge < -0.3 is 10.0 Å². The molecule has 0 aromatic carbocycles.